The number of amides is 1. The molecule has 2 rings (SSSR count). The van der Waals surface area contributed by atoms with E-state index in [1.165, 1.54) is 12.0 Å². The van der Waals surface area contributed by atoms with Gasteiger partial charge in [-0.2, -0.15) is 5.26 Å². The number of nitriles is 1. The van der Waals surface area contributed by atoms with Gasteiger partial charge in [0.15, 0.2) is 0 Å². The molecule has 158 valence electrons. The monoisotopic (exact) mass is 409 g/mol. The highest BCUT2D eigenvalue weighted by atomic mass is 16.5. The molecule has 1 heterocycles. The highest BCUT2D eigenvalue weighted by Gasteiger charge is 2.22. The van der Waals surface area contributed by atoms with Gasteiger partial charge in [0, 0.05) is 30.7 Å². The quantitative estimate of drug-likeness (QED) is 0.398. The molecule has 0 aliphatic rings. The van der Waals surface area contributed by atoms with E-state index in [4.69, 9.17) is 9.47 Å². The van der Waals surface area contributed by atoms with Crippen LogP contribution >= 0.6 is 0 Å². The van der Waals surface area contributed by atoms with E-state index in [1.54, 1.807) is 27.2 Å². The number of benzene rings is 1. The smallest absolute Gasteiger partial charge is 0.310 e. The molecule has 1 amide bonds. The third-order valence-electron chi connectivity index (χ3n) is 4.95. The number of esters is 1. The summed E-state index contributed by atoms with van der Waals surface area (Å²) >= 11 is 0. The SMILES string of the molecule is COC(=O)C(C)CN(C)C(=O)/C(C#N)=C\c1cc(C)n(-c2ccc(OC)cc2)c1C. The van der Waals surface area contributed by atoms with Crippen molar-refractivity contribution in [1.82, 2.24) is 9.47 Å². The average molecular weight is 409 g/mol. The molecule has 0 spiro atoms. The van der Waals surface area contributed by atoms with Crippen molar-refractivity contribution in [1.29, 1.82) is 5.26 Å². The molecule has 0 N–H and O–H groups in total. The van der Waals surface area contributed by atoms with Gasteiger partial charge in [0.25, 0.3) is 5.91 Å². The van der Waals surface area contributed by atoms with Crippen molar-refractivity contribution in [3.8, 4) is 17.5 Å². The van der Waals surface area contributed by atoms with Crippen LogP contribution < -0.4 is 4.74 Å². The summed E-state index contributed by atoms with van der Waals surface area (Å²) in [6, 6.07) is 11.6. The highest BCUT2D eigenvalue weighted by Crippen LogP contribution is 2.24. The van der Waals surface area contributed by atoms with E-state index in [9.17, 15) is 14.9 Å². The maximum atomic E-state index is 12.7. The third-order valence-corrected chi connectivity index (χ3v) is 4.95. The molecule has 0 aliphatic heterocycles. The number of carbonyl (C=O) groups is 2. The number of hydrogen-bond donors (Lipinski definition) is 0. The lowest BCUT2D eigenvalue weighted by Crippen LogP contribution is -2.34. The van der Waals surface area contributed by atoms with Gasteiger partial charge >= 0.3 is 5.97 Å². The maximum absolute atomic E-state index is 12.7. The average Bonchev–Trinajstić information content (AvgIpc) is 3.03. The summed E-state index contributed by atoms with van der Waals surface area (Å²) in [5.41, 5.74) is 3.62. The van der Waals surface area contributed by atoms with Gasteiger partial charge in [-0.05, 0) is 55.8 Å². The van der Waals surface area contributed by atoms with Gasteiger partial charge in [0.2, 0.25) is 0 Å². The summed E-state index contributed by atoms with van der Waals surface area (Å²) in [6.07, 6.45) is 1.59. The van der Waals surface area contributed by atoms with Crippen LogP contribution in [0.5, 0.6) is 5.75 Å². The minimum absolute atomic E-state index is 0.00421. The number of aromatic nitrogens is 1. The molecule has 2 aromatic rings. The number of likely N-dealkylation sites (N-methyl/N-ethyl adjacent to an activating group) is 1. The fourth-order valence-electron chi connectivity index (χ4n) is 3.33. The Morgan fingerprint density at radius 2 is 1.87 bits per heavy atom. The molecule has 0 aliphatic carbocycles. The first kappa shape index (κ1) is 22.8. The first-order chi connectivity index (χ1) is 14.2. The largest absolute Gasteiger partial charge is 0.497 e. The van der Waals surface area contributed by atoms with Crippen molar-refractivity contribution < 1.29 is 19.1 Å². The molecule has 0 saturated heterocycles. The Balaban J connectivity index is 2.32. The number of nitrogens with zero attached hydrogens (tertiary/aromatic N) is 3. The van der Waals surface area contributed by atoms with Gasteiger partial charge in [0.05, 0.1) is 20.1 Å². The van der Waals surface area contributed by atoms with Crippen LogP contribution in [0, 0.1) is 31.1 Å². The lowest BCUT2D eigenvalue weighted by Gasteiger charge is -2.19. The molecule has 7 nitrogen and oxygen atoms in total. The molecule has 1 aromatic heterocycles. The Morgan fingerprint density at radius 3 is 2.40 bits per heavy atom. The molecular weight excluding hydrogens is 382 g/mol. The van der Waals surface area contributed by atoms with E-state index >= 15 is 0 Å². The van der Waals surface area contributed by atoms with Crippen molar-refractivity contribution >= 4 is 18.0 Å². The minimum Gasteiger partial charge on any atom is -0.497 e. The third kappa shape index (κ3) is 4.90. The fraction of sp³-hybridized carbons (Fsp3) is 0.348. The van der Waals surface area contributed by atoms with Crippen LogP contribution in [0.2, 0.25) is 0 Å². The van der Waals surface area contributed by atoms with Crippen molar-refractivity contribution in [2.24, 2.45) is 5.92 Å². The Hall–Kier alpha value is -3.53. The summed E-state index contributed by atoms with van der Waals surface area (Å²) in [5, 5.41) is 9.56. The van der Waals surface area contributed by atoms with Crippen LogP contribution in [0.4, 0.5) is 0 Å². The van der Waals surface area contributed by atoms with Crippen molar-refractivity contribution in [2.45, 2.75) is 20.8 Å². The van der Waals surface area contributed by atoms with E-state index in [-0.39, 0.29) is 12.1 Å². The van der Waals surface area contributed by atoms with Crippen molar-refractivity contribution in [2.75, 3.05) is 27.8 Å². The fourth-order valence-corrected chi connectivity index (χ4v) is 3.33. The van der Waals surface area contributed by atoms with E-state index in [0.717, 1.165) is 28.4 Å². The summed E-state index contributed by atoms with van der Waals surface area (Å²) < 4.78 is 12.0. The van der Waals surface area contributed by atoms with Crippen molar-refractivity contribution in [3.63, 3.8) is 0 Å². The van der Waals surface area contributed by atoms with Gasteiger partial charge in [-0.1, -0.05) is 6.92 Å². The van der Waals surface area contributed by atoms with Gasteiger partial charge in [-0.15, -0.1) is 0 Å². The van der Waals surface area contributed by atoms with Gasteiger partial charge in [0.1, 0.15) is 17.4 Å². The Bertz CT molecular complexity index is 997. The summed E-state index contributed by atoms with van der Waals surface area (Å²) in [6.45, 7) is 5.74. The summed E-state index contributed by atoms with van der Waals surface area (Å²) in [5.74, 6) is -0.561. The van der Waals surface area contributed by atoms with E-state index in [2.05, 4.69) is 0 Å². The topological polar surface area (TPSA) is 84.6 Å². The molecule has 0 bridgehead atoms. The zero-order valence-corrected chi connectivity index (χ0v) is 18.2. The van der Waals surface area contributed by atoms with Crippen LogP contribution in [0.1, 0.15) is 23.9 Å². The number of methoxy groups -OCH3 is 2. The standard InChI is InChI=1S/C23H27N3O4/c1-15(23(28)30-6)14-25(4)22(27)19(13-24)12-18-11-16(2)26(17(18)3)20-7-9-21(29-5)10-8-20/h7-12,15H,14H2,1-6H3/b19-12-. The van der Waals surface area contributed by atoms with Crippen LogP contribution in [0.25, 0.3) is 11.8 Å². The van der Waals surface area contributed by atoms with E-state index in [1.807, 2.05) is 54.8 Å². The number of hydrogen-bond acceptors (Lipinski definition) is 5. The van der Waals surface area contributed by atoms with Crippen LogP contribution in [0.3, 0.4) is 0 Å². The lowest BCUT2D eigenvalue weighted by atomic mass is 10.1. The van der Waals surface area contributed by atoms with E-state index in [0.29, 0.717) is 0 Å². The first-order valence-electron chi connectivity index (χ1n) is 9.51. The second-order valence-electron chi connectivity index (χ2n) is 7.14. The number of ether oxygens (including phenoxy) is 2. The van der Waals surface area contributed by atoms with Crippen LogP contribution in [-0.4, -0.2) is 49.2 Å². The molecule has 7 heteroatoms. The minimum atomic E-state index is -0.482. The molecular formula is C23H27N3O4. The molecule has 30 heavy (non-hydrogen) atoms. The molecule has 0 radical (unpaired) electrons. The van der Waals surface area contributed by atoms with Gasteiger partial charge in [-0.25, -0.2) is 0 Å². The van der Waals surface area contributed by atoms with Crippen LogP contribution in [0.15, 0.2) is 35.9 Å². The number of aryl methyl sites for hydroxylation is 1. The molecule has 1 aromatic carbocycles. The first-order valence-corrected chi connectivity index (χ1v) is 9.51. The van der Waals surface area contributed by atoms with Crippen molar-refractivity contribution in [3.05, 3.63) is 52.9 Å². The summed E-state index contributed by atoms with van der Waals surface area (Å²) in [7, 11) is 4.49. The number of rotatable bonds is 7. The second kappa shape index (κ2) is 9.79. The second-order valence-corrected chi connectivity index (χ2v) is 7.14. The lowest BCUT2D eigenvalue weighted by molar-refractivity contribution is -0.145. The van der Waals surface area contributed by atoms with E-state index < -0.39 is 17.8 Å². The molecule has 1 unspecified atom stereocenters. The highest BCUT2D eigenvalue weighted by molar-refractivity contribution is 6.01. The normalized spacial score (nSPS) is 12.1. The Labute approximate surface area is 177 Å². The van der Waals surface area contributed by atoms with Crippen LogP contribution in [-0.2, 0) is 14.3 Å². The zero-order chi connectivity index (χ0) is 22.4. The Kier molecular flexibility index (Phi) is 7.43. The van der Waals surface area contributed by atoms with Gasteiger partial charge < -0.3 is 18.9 Å². The molecule has 1 atom stereocenters. The maximum Gasteiger partial charge on any atom is 0.310 e. The predicted molar refractivity (Wildman–Crippen MR) is 114 cm³/mol. The predicted octanol–water partition coefficient (Wildman–Crippen LogP) is 3.28. The zero-order valence-electron chi connectivity index (χ0n) is 18.2. The Morgan fingerprint density at radius 1 is 1.23 bits per heavy atom. The molecule has 0 saturated carbocycles. The summed E-state index contributed by atoms with van der Waals surface area (Å²) in [4.78, 5) is 25.7. The number of carbonyl (C=O) groups excluding carboxylic acids is 2. The van der Waals surface area contributed by atoms with Gasteiger partial charge in [-0.3, -0.25) is 9.59 Å². The molecule has 0 fully saturated rings.